The van der Waals surface area contributed by atoms with Crippen molar-refractivity contribution in [2.75, 3.05) is 13.2 Å². The van der Waals surface area contributed by atoms with Crippen molar-refractivity contribution in [2.45, 2.75) is 57.4 Å². The van der Waals surface area contributed by atoms with Crippen molar-refractivity contribution in [3.8, 4) is 11.8 Å². The summed E-state index contributed by atoms with van der Waals surface area (Å²) in [5, 5.41) is 14.3. The molecule has 2 aromatic rings. The summed E-state index contributed by atoms with van der Waals surface area (Å²) in [5.41, 5.74) is 2.95. The Morgan fingerprint density at radius 2 is 1.81 bits per heavy atom. The zero-order chi connectivity index (χ0) is 22.6. The Labute approximate surface area is 190 Å². The number of aryl methyl sites for hydroxylation is 1. The molecule has 2 N–H and O–H groups in total. The first kappa shape index (κ1) is 23.3. The predicted molar refractivity (Wildman–Crippen MR) is 123 cm³/mol. The highest BCUT2D eigenvalue weighted by Gasteiger charge is 2.21. The topological polar surface area (TPSA) is 91.2 Å². The van der Waals surface area contributed by atoms with Gasteiger partial charge in [-0.1, -0.05) is 37.1 Å². The first-order valence-corrected chi connectivity index (χ1v) is 11.4. The Bertz CT molecular complexity index is 934. The van der Waals surface area contributed by atoms with Crippen molar-refractivity contribution in [2.24, 2.45) is 0 Å². The smallest absolute Gasteiger partial charge is 0.251 e. The van der Waals surface area contributed by atoms with E-state index in [9.17, 15) is 9.59 Å². The average Bonchev–Trinajstić information content (AvgIpc) is 2.82. The second-order valence-corrected chi connectivity index (χ2v) is 8.09. The summed E-state index contributed by atoms with van der Waals surface area (Å²) in [6.45, 7) is 0.560. The van der Waals surface area contributed by atoms with Gasteiger partial charge in [-0.05, 0) is 67.5 Å². The van der Waals surface area contributed by atoms with Gasteiger partial charge in [-0.3, -0.25) is 9.59 Å². The highest BCUT2D eigenvalue weighted by atomic mass is 16.5. The third kappa shape index (κ3) is 7.12. The van der Waals surface area contributed by atoms with Gasteiger partial charge in [-0.2, -0.15) is 5.26 Å². The van der Waals surface area contributed by atoms with Crippen LogP contribution in [0.4, 0.5) is 0 Å². The summed E-state index contributed by atoms with van der Waals surface area (Å²) in [5.74, 6) is 0.246. The number of carbonyl (C=O) groups excluding carboxylic acids is 2. The third-order valence-corrected chi connectivity index (χ3v) is 5.68. The van der Waals surface area contributed by atoms with Crippen molar-refractivity contribution in [3.63, 3.8) is 0 Å². The fourth-order valence-electron chi connectivity index (χ4n) is 3.96. The number of fused-ring (bicyclic) bond motifs is 1. The van der Waals surface area contributed by atoms with Gasteiger partial charge in [0.2, 0.25) is 5.91 Å². The molecule has 2 amide bonds. The quantitative estimate of drug-likeness (QED) is 0.512. The number of benzene rings is 2. The SMILES string of the molecule is N#CCCCCCCOc1ccc(C(=O)NCC(=O)NC2CCCc3ccccc32)cc1. The summed E-state index contributed by atoms with van der Waals surface area (Å²) < 4.78 is 5.70. The van der Waals surface area contributed by atoms with E-state index in [1.807, 2.05) is 12.1 Å². The minimum absolute atomic E-state index is 0.00660. The van der Waals surface area contributed by atoms with Crippen LogP contribution >= 0.6 is 0 Å². The number of hydrogen-bond acceptors (Lipinski definition) is 4. The zero-order valence-corrected chi connectivity index (χ0v) is 18.4. The molecule has 3 rings (SSSR count). The molecular formula is C26H31N3O3. The fourth-order valence-corrected chi connectivity index (χ4v) is 3.96. The van der Waals surface area contributed by atoms with Crippen molar-refractivity contribution < 1.29 is 14.3 Å². The zero-order valence-electron chi connectivity index (χ0n) is 18.4. The van der Waals surface area contributed by atoms with E-state index in [4.69, 9.17) is 10.00 Å². The Hall–Kier alpha value is -3.33. The molecule has 1 unspecified atom stereocenters. The minimum Gasteiger partial charge on any atom is -0.494 e. The van der Waals surface area contributed by atoms with E-state index in [1.165, 1.54) is 11.1 Å². The van der Waals surface area contributed by atoms with Gasteiger partial charge < -0.3 is 15.4 Å². The molecule has 0 saturated carbocycles. The Morgan fingerprint density at radius 3 is 2.62 bits per heavy atom. The average molecular weight is 434 g/mol. The van der Waals surface area contributed by atoms with E-state index in [0.717, 1.165) is 44.9 Å². The van der Waals surface area contributed by atoms with E-state index in [2.05, 4.69) is 28.8 Å². The molecule has 0 spiro atoms. The van der Waals surface area contributed by atoms with Gasteiger partial charge >= 0.3 is 0 Å². The standard InChI is InChI=1S/C26H31N3O3/c27-17-6-2-1-3-7-18-32-22-15-13-21(14-16-22)26(31)28-19-25(30)29-24-12-8-10-20-9-4-5-11-23(20)24/h4-5,9,11,13-16,24H,1-3,6-8,10,12,18-19H2,(H,28,31)(H,29,30). The molecule has 0 heterocycles. The van der Waals surface area contributed by atoms with E-state index in [-0.39, 0.29) is 24.4 Å². The molecule has 168 valence electrons. The van der Waals surface area contributed by atoms with Crippen LogP contribution in [0.5, 0.6) is 5.75 Å². The van der Waals surface area contributed by atoms with Gasteiger partial charge in [0.1, 0.15) is 5.75 Å². The summed E-state index contributed by atoms with van der Waals surface area (Å²) in [4.78, 5) is 24.8. The summed E-state index contributed by atoms with van der Waals surface area (Å²) in [7, 11) is 0. The molecule has 1 aliphatic carbocycles. The summed E-state index contributed by atoms with van der Waals surface area (Å²) in [6.07, 6.45) is 7.57. The van der Waals surface area contributed by atoms with Gasteiger partial charge in [-0.25, -0.2) is 0 Å². The van der Waals surface area contributed by atoms with Crippen LogP contribution in [0.15, 0.2) is 48.5 Å². The molecular weight excluding hydrogens is 402 g/mol. The van der Waals surface area contributed by atoms with Crippen LogP contribution in [0.25, 0.3) is 0 Å². The monoisotopic (exact) mass is 433 g/mol. The molecule has 1 atom stereocenters. The van der Waals surface area contributed by atoms with Crippen molar-refractivity contribution in [1.29, 1.82) is 5.26 Å². The first-order chi connectivity index (χ1) is 15.7. The third-order valence-electron chi connectivity index (χ3n) is 5.68. The highest BCUT2D eigenvalue weighted by Crippen LogP contribution is 2.29. The second kappa shape index (κ2) is 12.5. The largest absolute Gasteiger partial charge is 0.494 e. The van der Waals surface area contributed by atoms with Gasteiger partial charge in [0.15, 0.2) is 0 Å². The molecule has 0 aliphatic heterocycles. The van der Waals surface area contributed by atoms with Crippen LogP contribution in [0.1, 0.15) is 72.5 Å². The maximum Gasteiger partial charge on any atom is 0.251 e. The number of carbonyl (C=O) groups is 2. The molecule has 0 bridgehead atoms. The molecule has 6 heteroatoms. The number of hydrogen-bond donors (Lipinski definition) is 2. The van der Waals surface area contributed by atoms with Crippen LogP contribution in [-0.2, 0) is 11.2 Å². The van der Waals surface area contributed by atoms with Crippen molar-refractivity contribution >= 4 is 11.8 Å². The second-order valence-electron chi connectivity index (χ2n) is 8.09. The van der Waals surface area contributed by atoms with Crippen LogP contribution in [0, 0.1) is 11.3 Å². The number of nitrogens with zero attached hydrogens (tertiary/aromatic N) is 1. The Morgan fingerprint density at radius 1 is 1.03 bits per heavy atom. The Kier molecular flexibility index (Phi) is 9.12. The molecule has 0 fully saturated rings. The molecule has 0 radical (unpaired) electrons. The molecule has 1 aliphatic rings. The number of rotatable bonds is 11. The predicted octanol–water partition coefficient (Wildman–Crippen LogP) is 4.46. The van der Waals surface area contributed by atoms with Gasteiger partial charge in [-0.15, -0.1) is 0 Å². The van der Waals surface area contributed by atoms with Crippen molar-refractivity contribution in [1.82, 2.24) is 10.6 Å². The highest BCUT2D eigenvalue weighted by molar-refractivity contribution is 5.96. The number of unbranched alkanes of at least 4 members (excludes halogenated alkanes) is 4. The maximum absolute atomic E-state index is 12.4. The van der Waals surface area contributed by atoms with Crippen molar-refractivity contribution in [3.05, 3.63) is 65.2 Å². The number of amides is 2. The summed E-state index contributed by atoms with van der Waals surface area (Å²) in [6, 6.07) is 17.3. The van der Waals surface area contributed by atoms with Crippen LogP contribution in [-0.4, -0.2) is 25.0 Å². The molecule has 0 aromatic heterocycles. The lowest BCUT2D eigenvalue weighted by atomic mass is 9.88. The van der Waals surface area contributed by atoms with E-state index >= 15 is 0 Å². The van der Waals surface area contributed by atoms with E-state index < -0.39 is 0 Å². The summed E-state index contributed by atoms with van der Waals surface area (Å²) >= 11 is 0. The number of nitriles is 1. The Balaban J connectivity index is 1.38. The lowest BCUT2D eigenvalue weighted by molar-refractivity contribution is -0.121. The molecule has 2 aromatic carbocycles. The van der Waals surface area contributed by atoms with Crippen LogP contribution < -0.4 is 15.4 Å². The minimum atomic E-state index is -0.284. The fraction of sp³-hybridized carbons (Fsp3) is 0.423. The number of nitrogens with one attached hydrogen (secondary N) is 2. The molecule has 6 nitrogen and oxygen atoms in total. The maximum atomic E-state index is 12.4. The molecule has 0 saturated heterocycles. The normalized spacial score (nSPS) is 14.7. The lowest BCUT2D eigenvalue weighted by Gasteiger charge is -2.26. The van der Waals surface area contributed by atoms with E-state index in [0.29, 0.717) is 24.3 Å². The van der Waals surface area contributed by atoms with E-state index in [1.54, 1.807) is 24.3 Å². The lowest BCUT2D eigenvalue weighted by Crippen LogP contribution is -2.39. The van der Waals surface area contributed by atoms with Gasteiger partial charge in [0.25, 0.3) is 5.91 Å². The first-order valence-electron chi connectivity index (χ1n) is 11.4. The van der Waals surface area contributed by atoms with Gasteiger partial charge in [0, 0.05) is 12.0 Å². The van der Waals surface area contributed by atoms with Gasteiger partial charge in [0.05, 0.1) is 25.3 Å². The molecule has 32 heavy (non-hydrogen) atoms. The van der Waals surface area contributed by atoms with Crippen LogP contribution in [0.2, 0.25) is 0 Å². The van der Waals surface area contributed by atoms with Crippen LogP contribution in [0.3, 0.4) is 0 Å². The number of ether oxygens (including phenoxy) is 1.